The monoisotopic (exact) mass is 572 g/mol. The zero-order valence-electron chi connectivity index (χ0n) is 26.6. The van der Waals surface area contributed by atoms with E-state index < -0.39 is 0 Å². The summed E-state index contributed by atoms with van der Waals surface area (Å²) in [4.78, 5) is 19.7. The predicted molar refractivity (Wildman–Crippen MR) is 178 cm³/mol. The number of benzene rings is 3. The SMILES string of the molecule is CC1c2ccccc2N2CCN(C)C12.CCC1C2N(C)c3cnc(-c4ccccc4C)nc3N2c2ccccc2C1(C)C. The van der Waals surface area contributed by atoms with Gasteiger partial charge >= 0.3 is 0 Å². The van der Waals surface area contributed by atoms with Crippen molar-refractivity contribution < 1.29 is 0 Å². The minimum atomic E-state index is 0.0924. The van der Waals surface area contributed by atoms with Gasteiger partial charge in [-0.3, -0.25) is 4.90 Å². The molecular weight excluding hydrogens is 528 g/mol. The Morgan fingerprint density at radius 1 is 0.837 bits per heavy atom. The van der Waals surface area contributed by atoms with Gasteiger partial charge in [-0.2, -0.15) is 0 Å². The van der Waals surface area contributed by atoms with E-state index in [2.05, 4.69) is 141 Å². The molecule has 1 saturated heterocycles. The molecule has 4 atom stereocenters. The summed E-state index contributed by atoms with van der Waals surface area (Å²) in [6.07, 6.45) is 3.97. The molecule has 222 valence electrons. The Morgan fingerprint density at radius 3 is 2.30 bits per heavy atom. The first-order valence-electron chi connectivity index (χ1n) is 15.8. The molecule has 0 N–H and O–H groups in total. The molecule has 43 heavy (non-hydrogen) atoms. The van der Waals surface area contributed by atoms with E-state index in [4.69, 9.17) is 9.97 Å². The van der Waals surface area contributed by atoms with Crippen molar-refractivity contribution in [1.82, 2.24) is 14.9 Å². The van der Waals surface area contributed by atoms with Crippen molar-refractivity contribution in [2.75, 3.05) is 41.9 Å². The van der Waals surface area contributed by atoms with Crippen LogP contribution < -0.4 is 14.7 Å². The summed E-state index contributed by atoms with van der Waals surface area (Å²) in [6, 6.07) is 26.0. The third-order valence-corrected chi connectivity index (χ3v) is 10.6. The van der Waals surface area contributed by atoms with E-state index in [1.54, 1.807) is 0 Å². The highest BCUT2D eigenvalue weighted by Gasteiger charge is 2.51. The molecule has 1 fully saturated rings. The highest BCUT2D eigenvalue weighted by atomic mass is 15.5. The van der Waals surface area contributed by atoms with Crippen molar-refractivity contribution in [3.8, 4) is 11.4 Å². The molecule has 1 aromatic heterocycles. The molecular formula is C37H44N6. The summed E-state index contributed by atoms with van der Waals surface area (Å²) in [6.45, 7) is 13.9. The summed E-state index contributed by atoms with van der Waals surface area (Å²) >= 11 is 0. The van der Waals surface area contributed by atoms with Gasteiger partial charge in [-0.15, -0.1) is 0 Å². The van der Waals surface area contributed by atoms with E-state index in [0.717, 1.165) is 29.3 Å². The number of hydrogen-bond acceptors (Lipinski definition) is 6. The quantitative estimate of drug-likeness (QED) is 0.247. The van der Waals surface area contributed by atoms with E-state index >= 15 is 0 Å². The van der Waals surface area contributed by atoms with E-state index in [1.165, 1.54) is 41.2 Å². The Hall–Kier alpha value is -3.90. The molecule has 4 aliphatic heterocycles. The number of fused-ring (bicyclic) bond motifs is 8. The molecule has 0 aliphatic carbocycles. The maximum atomic E-state index is 5.11. The van der Waals surface area contributed by atoms with Gasteiger partial charge in [0.05, 0.1) is 12.4 Å². The van der Waals surface area contributed by atoms with Crippen LogP contribution in [0.3, 0.4) is 0 Å². The largest absolute Gasteiger partial charge is 0.354 e. The van der Waals surface area contributed by atoms with Gasteiger partial charge in [0.25, 0.3) is 0 Å². The molecule has 4 aliphatic rings. The van der Waals surface area contributed by atoms with Gasteiger partial charge in [0, 0.05) is 48.9 Å². The molecule has 0 radical (unpaired) electrons. The summed E-state index contributed by atoms with van der Waals surface area (Å²) in [5, 5.41) is 0. The van der Waals surface area contributed by atoms with Crippen molar-refractivity contribution in [2.24, 2.45) is 5.92 Å². The van der Waals surface area contributed by atoms with Crippen molar-refractivity contribution in [1.29, 1.82) is 0 Å². The topological polar surface area (TPSA) is 38.7 Å². The maximum Gasteiger partial charge on any atom is 0.162 e. The fourth-order valence-electron chi connectivity index (χ4n) is 8.39. The van der Waals surface area contributed by atoms with Crippen LogP contribution in [0.2, 0.25) is 0 Å². The minimum absolute atomic E-state index is 0.0924. The molecule has 3 aromatic carbocycles. The summed E-state index contributed by atoms with van der Waals surface area (Å²) in [7, 11) is 4.42. The highest BCUT2D eigenvalue weighted by molar-refractivity contribution is 5.84. The molecule has 5 heterocycles. The van der Waals surface area contributed by atoms with Gasteiger partial charge in [0.1, 0.15) is 11.9 Å². The smallest absolute Gasteiger partial charge is 0.162 e. The van der Waals surface area contributed by atoms with Crippen molar-refractivity contribution in [3.05, 3.63) is 95.7 Å². The fraction of sp³-hybridized carbons (Fsp3) is 0.405. The number of aryl methyl sites for hydroxylation is 1. The van der Waals surface area contributed by atoms with E-state index in [9.17, 15) is 0 Å². The lowest BCUT2D eigenvalue weighted by Gasteiger charge is -2.50. The predicted octanol–water partition coefficient (Wildman–Crippen LogP) is 7.57. The number of likely N-dealkylation sites (N-methyl/N-ethyl adjacent to an activating group) is 1. The molecule has 0 spiro atoms. The standard InChI is InChI=1S/C25H28N4.C12H16N2/c1-6-18-24-28(5)21-15-26-22(17-12-8-7-11-16(17)2)27-23(21)29(24)20-14-10-9-13-19(20)25(18,3)4;1-9-10-5-3-4-6-11(10)14-8-7-13(2)12(9)14/h7-15,18,24H,6H2,1-5H3;3-6,9,12H,7-8H2,1-2H3. The van der Waals surface area contributed by atoms with Crippen molar-refractivity contribution in [2.45, 2.75) is 64.7 Å². The lowest BCUT2D eigenvalue weighted by molar-refractivity contribution is 0.245. The summed E-state index contributed by atoms with van der Waals surface area (Å²) < 4.78 is 0. The Balaban J connectivity index is 0.000000178. The first kappa shape index (κ1) is 27.9. The van der Waals surface area contributed by atoms with Gasteiger partial charge in [-0.05, 0) is 54.6 Å². The van der Waals surface area contributed by atoms with Crippen LogP contribution in [0, 0.1) is 12.8 Å². The number of anilines is 4. The average molecular weight is 573 g/mol. The second-order valence-electron chi connectivity index (χ2n) is 13.3. The molecule has 4 unspecified atom stereocenters. The molecule has 8 rings (SSSR count). The Labute approximate surface area is 257 Å². The van der Waals surface area contributed by atoms with Crippen LogP contribution in [0.1, 0.15) is 56.7 Å². The van der Waals surface area contributed by atoms with E-state index in [0.29, 0.717) is 18.0 Å². The number of para-hydroxylation sites is 2. The van der Waals surface area contributed by atoms with Gasteiger partial charge in [-0.25, -0.2) is 9.97 Å². The van der Waals surface area contributed by atoms with Crippen LogP contribution in [0.4, 0.5) is 22.9 Å². The summed E-state index contributed by atoms with van der Waals surface area (Å²) in [5.74, 6) is 2.95. The average Bonchev–Trinajstić information content (AvgIpc) is 3.64. The highest BCUT2D eigenvalue weighted by Crippen LogP contribution is 2.55. The second-order valence-corrected chi connectivity index (χ2v) is 13.3. The zero-order valence-corrected chi connectivity index (χ0v) is 26.6. The van der Waals surface area contributed by atoms with Crippen LogP contribution >= 0.6 is 0 Å². The minimum Gasteiger partial charge on any atom is -0.354 e. The lowest BCUT2D eigenvalue weighted by Crippen LogP contribution is -2.54. The van der Waals surface area contributed by atoms with Gasteiger partial charge < -0.3 is 14.7 Å². The molecule has 6 nitrogen and oxygen atoms in total. The Kier molecular flexibility index (Phi) is 6.73. The Bertz CT molecular complexity index is 1660. The number of hydrogen-bond donors (Lipinski definition) is 0. The number of aromatic nitrogens is 2. The molecule has 4 aromatic rings. The van der Waals surface area contributed by atoms with Gasteiger partial charge in [-0.1, -0.05) is 88.4 Å². The third kappa shape index (κ3) is 4.17. The van der Waals surface area contributed by atoms with Gasteiger partial charge in [0.2, 0.25) is 0 Å². The van der Waals surface area contributed by atoms with E-state index in [1.807, 2.05) is 6.20 Å². The van der Waals surface area contributed by atoms with Crippen LogP contribution in [-0.4, -0.2) is 54.4 Å². The molecule has 0 bridgehead atoms. The van der Waals surface area contributed by atoms with Crippen LogP contribution in [-0.2, 0) is 5.41 Å². The van der Waals surface area contributed by atoms with Crippen molar-refractivity contribution in [3.63, 3.8) is 0 Å². The number of nitrogens with zero attached hydrogens (tertiary/aromatic N) is 6. The van der Waals surface area contributed by atoms with Crippen molar-refractivity contribution >= 4 is 22.9 Å². The normalized spacial score (nSPS) is 24.5. The molecule has 0 amide bonds. The first-order valence-corrected chi connectivity index (χ1v) is 15.8. The second kappa shape index (κ2) is 10.4. The fourth-order valence-corrected chi connectivity index (χ4v) is 8.39. The molecule has 0 saturated carbocycles. The molecule has 6 heteroatoms. The zero-order chi connectivity index (χ0) is 30.0. The third-order valence-electron chi connectivity index (χ3n) is 10.6. The van der Waals surface area contributed by atoms with Crippen LogP contribution in [0.25, 0.3) is 11.4 Å². The number of rotatable bonds is 2. The lowest BCUT2D eigenvalue weighted by atomic mass is 9.67. The van der Waals surface area contributed by atoms with Crippen LogP contribution in [0.5, 0.6) is 0 Å². The van der Waals surface area contributed by atoms with E-state index in [-0.39, 0.29) is 11.6 Å². The summed E-state index contributed by atoms with van der Waals surface area (Å²) in [5.41, 5.74) is 9.14. The maximum absolute atomic E-state index is 5.11. The Morgan fingerprint density at radius 2 is 1.53 bits per heavy atom. The van der Waals surface area contributed by atoms with Crippen LogP contribution in [0.15, 0.2) is 79.0 Å². The van der Waals surface area contributed by atoms with Gasteiger partial charge in [0.15, 0.2) is 11.6 Å². The first-order chi connectivity index (χ1) is 20.7.